The highest BCUT2D eigenvalue weighted by Crippen LogP contribution is 2.39. The minimum absolute atomic E-state index is 0.0544. The highest BCUT2D eigenvalue weighted by atomic mass is 16.4. The molecule has 3 heteroatoms. The zero-order chi connectivity index (χ0) is 10.1. The summed E-state index contributed by atoms with van der Waals surface area (Å²) in [7, 11) is 0. The molecule has 0 heterocycles. The molecule has 0 aromatic carbocycles. The molecule has 0 aliphatic heterocycles. The van der Waals surface area contributed by atoms with Crippen LogP contribution < -0.4 is 0 Å². The maximum atomic E-state index is 10.5. The maximum Gasteiger partial charge on any atom is 0.303 e. The Balaban J connectivity index is 2.55. The second-order valence-electron chi connectivity index (χ2n) is 4.83. The third kappa shape index (κ3) is 2.99. The Morgan fingerprint density at radius 2 is 2.15 bits per heavy atom. The molecule has 13 heavy (non-hydrogen) atoms. The van der Waals surface area contributed by atoms with E-state index in [0.29, 0.717) is 0 Å². The first-order valence-corrected chi connectivity index (χ1v) is 4.80. The molecule has 2 atom stereocenters. The van der Waals surface area contributed by atoms with Gasteiger partial charge in [0.1, 0.15) is 0 Å². The van der Waals surface area contributed by atoms with Crippen molar-refractivity contribution in [1.82, 2.24) is 0 Å². The summed E-state index contributed by atoms with van der Waals surface area (Å²) in [6, 6.07) is 0. The van der Waals surface area contributed by atoms with Gasteiger partial charge in [-0.05, 0) is 30.6 Å². The smallest absolute Gasteiger partial charge is 0.303 e. The lowest BCUT2D eigenvalue weighted by Crippen LogP contribution is -2.34. The fourth-order valence-corrected chi connectivity index (χ4v) is 2.15. The topological polar surface area (TPSA) is 57.5 Å². The Labute approximate surface area is 78.8 Å². The zero-order valence-corrected chi connectivity index (χ0v) is 8.29. The van der Waals surface area contributed by atoms with Crippen LogP contribution in [0.25, 0.3) is 0 Å². The maximum absolute atomic E-state index is 10.5. The van der Waals surface area contributed by atoms with E-state index in [-0.39, 0.29) is 17.8 Å². The lowest BCUT2D eigenvalue weighted by Gasteiger charge is -2.37. The molecule has 0 radical (unpaired) electrons. The van der Waals surface area contributed by atoms with Gasteiger partial charge < -0.3 is 10.2 Å². The van der Waals surface area contributed by atoms with Crippen molar-refractivity contribution in [1.29, 1.82) is 0 Å². The number of aliphatic carboxylic acids is 1. The average molecular weight is 186 g/mol. The summed E-state index contributed by atoms with van der Waals surface area (Å²) >= 11 is 0. The normalized spacial score (nSPS) is 32.8. The minimum Gasteiger partial charge on any atom is -0.481 e. The fourth-order valence-electron chi connectivity index (χ4n) is 2.15. The standard InChI is InChI=1S/C10H18O3/c1-10(2)4-3-8(11)7(6-10)5-9(12)13/h7-8,11H,3-6H2,1-2H3,(H,12,13). The van der Waals surface area contributed by atoms with Crippen LogP contribution in [0.5, 0.6) is 0 Å². The van der Waals surface area contributed by atoms with Gasteiger partial charge in [-0.3, -0.25) is 4.79 Å². The molecule has 1 rings (SSSR count). The Hall–Kier alpha value is -0.570. The summed E-state index contributed by atoms with van der Waals surface area (Å²) in [5, 5.41) is 18.2. The van der Waals surface area contributed by atoms with Crippen LogP contribution in [-0.4, -0.2) is 22.3 Å². The van der Waals surface area contributed by atoms with Crippen LogP contribution in [0.15, 0.2) is 0 Å². The molecular weight excluding hydrogens is 168 g/mol. The van der Waals surface area contributed by atoms with Gasteiger partial charge in [0, 0.05) is 0 Å². The number of rotatable bonds is 2. The van der Waals surface area contributed by atoms with Gasteiger partial charge in [-0.25, -0.2) is 0 Å². The van der Waals surface area contributed by atoms with Crippen molar-refractivity contribution in [2.75, 3.05) is 0 Å². The molecule has 0 aromatic rings. The van der Waals surface area contributed by atoms with Crippen molar-refractivity contribution in [3.05, 3.63) is 0 Å². The number of carboxylic acids is 1. The third-order valence-corrected chi connectivity index (χ3v) is 2.91. The molecule has 0 amide bonds. The van der Waals surface area contributed by atoms with Crippen LogP contribution in [0.1, 0.15) is 39.5 Å². The molecule has 1 fully saturated rings. The molecule has 1 aliphatic carbocycles. The van der Waals surface area contributed by atoms with Crippen LogP contribution in [-0.2, 0) is 4.79 Å². The number of carbonyl (C=O) groups is 1. The van der Waals surface area contributed by atoms with Crippen molar-refractivity contribution in [3.8, 4) is 0 Å². The van der Waals surface area contributed by atoms with E-state index in [4.69, 9.17) is 5.11 Å². The van der Waals surface area contributed by atoms with E-state index in [1.165, 1.54) is 0 Å². The van der Waals surface area contributed by atoms with Gasteiger partial charge in [0.2, 0.25) is 0 Å². The summed E-state index contributed by atoms with van der Waals surface area (Å²) < 4.78 is 0. The third-order valence-electron chi connectivity index (χ3n) is 2.91. The van der Waals surface area contributed by atoms with E-state index < -0.39 is 12.1 Å². The summed E-state index contributed by atoms with van der Waals surface area (Å²) in [6.45, 7) is 4.27. The summed E-state index contributed by atoms with van der Waals surface area (Å²) in [5.41, 5.74) is 0.194. The predicted molar refractivity (Wildman–Crippen MR) is 49.4 cm³/mol. The van der Waals surface area contributed by atoms with Gasteiger partial charge in [-0.2, -0.15) is 0 Å². The van der Waals surface area contributed by atoms with E-state index in [1.807, 2.05) is 0 Å². The lowest BCUT2D eigenvalue weighted by atomic mass is 9.70. The monoisotopic (exact) mass is 186 g/mol. The molecule has 76 valence electrons. The molecule has 2 N–H and O–H groups in total. The highest BCUT2D eigenvalue weighted by molar-refractivity contribution is 5.67. The first kappa shape index (κ1) is 10.5. The van der Waals surface area contributed by atoms with Gasteiger partial charge >= 0.3 is 5.97 Å². The molecule has 0 spiro atoms. The lowest BCUT2D eigenvalue weighted by molar-refractivity contribution is -0.140. The number of hydrogen-bond donors (Lipinski definition) is 2. The van der Waals surface area contributed by atoms with Gasteiger partial charge in [-0.1, -0.05) is 13.8 Å². The van der Waals surface area contributed by atoms with Crippen molar-refractivity contribution in [2.45, 2.75) is 45.6 Å². The van der Waals surface area contributed by atoms with E-state index in [1.54, 1.807) is 0 Å². The van der Waals surface area contributed by atoms with E-state index >= 15 is 0 Å². The van der Waals surface area contributed by atoms with Crippen molar-refractivity contribution >= 4 is 5.97 Å². The fraction of sp³-hybridized carbons (Fsp3) is 0.900. The highest BCUT2D eigenvalue weighted by Gasteiger charge is 2.34. The van der Waals surface area contributed by atoms with Crippen LogP contribution in [0, 0.1) is 11.3 Å². The van der Waals surface area contributed by atoms with Crippen LogP contribution >= 0.6 is 0 Å². The van der Waals surface area contributed by atoms with E-state index in [9.17, 15) is 9.90 Å². The number of aliphatic hydroxyl groups is 1. The SMILES string of the molecule is CC1(C)CCC(O)C(CC(=O)O)C1. The van der Waals surface area contributed by atoms with Crippen LogP contribution in [0.2, 0.25) is 0 Å². The second-order valence-corrected chi connectivity index (χ2v) is 4.83. The number of aliphatic hydroxyl groups excluding tert-OH is 1. The first-order valence-electron chi connectivity index (χ1n) is 4.80. The Morgan fingerprint density at radius 3 is 2.69 bits per heavy atom. The van der Waals surface area contributed by atoms with Gasteiger partial charge in [0.25, 0.3) is 0 Å². The molecule has 0 aromatic heterocycles. The molecule has 0 saturated heterocycles. The molecule has 1 aliphatic rings. The number of hydrogen-bond acceptors (Lipinski definition) is 2. The molecule has 0 bridgehead atoms. The molecule has 3 nitrogen and oxygen atoms in total. The van der Waals surface area contributed by atoms with Crippen LogP contribution in [0.3, 0.4) is 0 Å². The van der Waals surface area contributed by atoms with Gasteiger partial charge in [0.05, 0.1) is 12.5 Å². The van der Waals surface area contributed by atoms with Crippen molar-refractivity contribution in [2.24, 2.45) is 11.3 Å². The average Bonchev–Trinajstić information content (AvgIpc) is 1.95. The quantitative estimate of drug-likeness (QED) is 0.689. The van der Waals surface area contributed by atoms with E-state index in [0.717, 1.165) is 19.3 Å². The van der Waals surface area contributed by atoms with Crippen molar-refractivity contribution in [3.63, 3.8) is 0 Å². The zero-order valence-electron chi connectivity index (χ0n) is 8.29. The summed E-state index contributed by atoms with van der Waals surface area (Å²) in [5.74, 6) is -0.858. The predicted octanol–water partition coefficient (Wildman–Crippen LogP) is 1.65. The Bertz CT molecular complexity index is 198. The Kier molecular flexibility index (Phi) is 2.96. The van der Waals surface area contributed by atoms with Crippen LogP contribution in [0.4, 0.5) is 0 Å². The Morgan fingerprint density at radius 1 is 1.54 bits per heavy atom. The van der Waals surface area contributed by atoms with Crippen molar-refractivity contribution < 1.29 is 15.0 Å². The van der Waals surface area contributed by atoms with Gasteiger partial charge in [-0.15, -0.1) is 0 Å². The minimum atomic E-state index is -0.804. The molecular formula is C10H18O3. The number of carboxylic acid groups (broad SMARTS) is 1. The van der Waals surface area contributed by atoms with Gasteiger partial charge in [0.15, 0.2) is 0 Å². The summed E-state index contributed by atoms with van der Waals surface area (Å²) in [4.78, 5) is 10.5. The molecule has 1 saturated carbocycles. The first-order chi connectivity index (χ1) is 5.91. The summed E-state index contributed by atoms with van der Waals surface area (Å²) in [6.07, 6.45) is 2.24. The second kappa shape index (κ2) is 3.66. The largest absolute Gasteiger partial charge is 0.481 e. The van der Waals surface area contributed by atoms with E-state index in [2.05, 4.69) is 13.8 Å². The molecule has 2 unspecified atom stereocenters.